The number of likely N-dealkylation sites (N-methyl/N-ethyl adjacent to an activating group) is 1. The van der Waals surface area contributed by atoms with Crippen molar-refractivity contribution in [1.29, 1.82) is 0 Å². The van der Waals surface area contributed by atoms with Crippen LogP contribution < -0.4 is 10.1 Å². The molecule has 0 bridgehead atoms. The summed E-state index contributed by atoms with van der Waals surface area (Å²) in [7, 11) is 3.66. The van der Waals surface area contributed by atoms with Crippen molar-refractivity contribution in [3.8, 4) is 5.75 Å². The van der Waals surface area contributed by atoms with E-state index in [0.717, 1.165) is 25.1 Å². The maximum atomic E-state index is 12.2. The first kappa shape index (κ1) is 17.8. The van der Waals surface area contributed by atoms with E-state index in [9.17, 15) is 4.79 Å². The number of amides is 1. The molecule has 1 saturated carbocycles. The fraction of sp³-hybridized carbons (Fsp3) is 0.632. The molecule has 0 aliphatic heterocycles. The van der Waals surface area contributed by atoms with Gasteiger partial charge in [-0.3, -0.25) is 9.69 Å². The van der Waals surface area contributed by atoms with E-state index >= 15 is 0 Å². The molecule has 128 valence electrons. The zero-order valence-corrected chi connectivity index (χ0v) is 14.5. The highest BCUT2D eigenvalue weighted by Gasteiger charge is 2.15. The summed E-state index contributed by atoms with van der Waals surface area (Å²) >= 11 is 0. The predicted octanol–water partition coefficient (Wildman–Crippen LogP) is 3.36. The predicted molar refractivity (Wildman–Crippen MR) is 93.6 cm³/mol. The van der Waals surface area contributed by atoms with Gasteiger partial charge in [-0.2, -0.15) is 0 Å². The van der Waals surface area contributed by atoms with Crippen molar-refractivity contribution in [2.24, 2.45) is 0 Å². The lowest BCUT2D eigenvalue weighted by Crippen LogP contribution is -2.41. The molecule has 4 heteroatoms. The maximum Gasteiger partial charge on any atom is 0.234 e. The molecule has 0 spiro atoms. The van der Waals surface area contributed by atoms with Crippen molar-refractivity contribution in [2.75, 3.05) is 20.7 Å². The normalized spacial score (nSPS) is 16.7. The first-order chi connectivity index (χ1) is 11.2. The van der Waals surface area contributed by atoms with Crippen LogP contribution in [0, 0.1) is 0 Å². The van der Waals surface area contributed by atoms with Crippen molar-refractivity contribution in [3.05, 3.63) is 29.8 Å². The highest BCUT2D eigenvalue weighted by atomic mass is 16.5. The average molecular weight is 318 g/mol. The van der Waals surface area contributed by atoms with Gasteiger partial charge in [0.25, 0.3) is 0 Å². The highest BCUT2D eigenvalue weighted by molar-refractivity contribution is 5.78. The highest BCUT2D eigenvalue weighted by Crippen LogP contribution is 2.17. The minimum Gasteiger partial charge on any atom is -0.497 e. The van der Waals surface area contributed by atoms with Crippen LogP contribution in [0.3, 0.4) is 0 Å². The molecule has 23 heavy (non-hydrogen) atoms. The summed E-state index contributed by atoms with van der Waals surface area (Å²) in [5, 5.41) is 3.22. The SMILES string of the molecule is COc1ccc(CN(C)CC(=O)NC2CCCCCCC2)cc1. The Labute approximate surface area is 140 Å². The summed E-state index contributed by atoms with van der Waals surface area (Å²) in [6, 6.07) is 8.37. The second-order valence-electron chi connectivity index (χ2n) is 6.63. The van der Waals surface area contributed by atoms with Crippen molar-refractivity contribution in [3.63, 3.8) is 0 Å². The van der Waals surface area contributed by atoms with E-state index in [-0.39, 0.29) is 5.91 Å². The number of methoxy groups -OCH3 is 1. The molecule has 1 N–H and O–H groups in total. The Kier molecular flexibility index (Phi) is 7.40. The summed E-state index contributed by atoms with van der Waals surface area (Å²) in [6.45, 7) is 1.21. The van der Waals surface area contributed by atoms with Crippen LogP contribution >= 0.6 is 0 Å². The Balaban J connectivity index is 1.74. The number of rotatable bonds is 6. The quantitative estimate of drug-likeness (QED) is 0.874. The first-order valence-electron chi connectivity index (χ1n) is 8.78. The monoisotopic (exact) mass is 318 g/mol. The summed E-state index contributed by atoms with van der Waals surface area (Å²) in [5.41, 5.74) is 1.19. The Hall–Kier alpha value is -1.55. The molecule has 0 saturated heterocycles. The first-order valence-corrected chi connectivity index (χ1v) is 8.78. The number of nitrogens with one attached hydrogen (secondary N) is 1. The van der Waals surface area contributed by atoms with Gasteiger partial charge in [-0.05, 0) is 37.6 Å². The number of nitrogens with zero attached hydrogens (tertiary/aromatic N) is 1. The molecule has 0 radical (unpaired) electrons. The Morgan fingerprint density at radius 1 is 1.13 bits per heavy atom. The Morgan fingerprint density at radius 3 is 2.35 bits per heavy atom. The minimum absolute atomic E-state index is 0.145. The lowest BCUT2D eigenvalue weighted by atomic mass is 9.97. The molecule has 1 aromatic carbocycles. The second kappa shape index (κ2) is 9.56. The number of hydrogen-bond acceptors (Lipinski definition) is 3. The van der Waals surface area contributed by atoms with Crippen LogP contribution in [0.15, 0.2) is 24.3 Å². The molecular formula is C19H30N2O2. The summed E-state index contributed by atoms with van der Waals surface area (Å²) in [4.78, 5) is 14.3. The smallest absolute Gasteiger partial charge is 0.234 e. The van der Waals surface area contributed by atoms with Crippen LogP contribution in [0.2, 0.25) is 0 Å². The van der Waals surface area contributed by atoms with Gasteiger partial charge in [0, 0.05) is 12.6 Å². The summed E-state index contributed by atoms with van der Waals surface area (Å²) in [6.07, 6.45) is 8.72. The molecule has 1 aromatic rings. The van der Waals surface area contributed by atoms with E-state index in [1.165, 1.54) is 37.7 Å². The fourth-order valence-corrected chi connectivity index (χ4v) is 3.22. The standard InChI is InChI=1S/C19H30N2O2/c1-21(14-16-10-12-18(23-2)13-11-16)15-19(22)20-17-8-6-4-3-5-7-9-17/h10-13,17H,3-9,14-15H2,1-2H3,(H,20,22). The number of ether oxygens (including phenoxy) is 1. The average Bonchev–Trinajstić information content (AvgIpc) is 2.50. The van der Waals surface area contributed by atoms with E-state index in [4.69, 9.17) is 4.74 Å². The van der Waals surface area contributed by atoms with Crippen LogP contribution in [0.4, 0.5) is 0 Å². The third-order valence-corrected chi connectivity index (χ3v) is 4.50. The van der Waals surface area contributed by atoms with Gasteiger partial charge in [0.2, 0.25) is 5.91 Å². The zero-order valence-electron chi connectivity index (χ0n) is 14.5. The molecule has 1 aliphatic carbocycles. The lowest BCUT2D eigenvalue weighted by Gasteiger charge is -2.23. The molecule has 1 fully saturated rings. The van der Waals surface area contributed by atoms with Crippen molar-refractivity contribution < 1.29 is 9.53 Å². The molecule has 2 rings (SSSR count). The molecule has 1 amide bonds. The number of carbonyl (C=O) groups excluding carboxylic acids is 1. The Morgan fingerprint density at radius 2 is 1.74 bits per heavy atom. The van der Waals surface area contributed by atoms with Gasteiger partial charge in [0.1, 0.15) is 5.75 Å². The largest absolute Gasteiger partial charge is 0.497 e. The Bertz CT molecular complexity index is 465. The van der Waals surface area contributed by atoms with Crippen LogP contribution in [0.5, 0.6) is 5.75 Å². The lowest BCUT2D eigenvalue weighted by molar-refractivity contribution is -0.122. The minimum atomic E-state index is 0.145. The van der Waals surface area contributed by atoms with E-state index < -0.39 is 0 Å². The van der Waals surface area contributed by atoms with Gasteiger partial charge >= 0.3 is 0 Å². The van der Waals surface area contributed by atoms with Gasteiger partial charge in [0.15, 0.2) is 0 Å². The number of benzene rings is 1. The van der Waals surface area contributed by atoms with E-state index in [0.29, 0.717) is 12.6 Å². The van der Waals surface area contributed by atoms with Crippen molar-refractivity contribution in [2.45, 2.75) is 57.5 Å². The molecule has 0 heterocycles. The van der Waals surface area contributed by atoms with Gasteiger partial charge in [-0.1, -0.05) is 44.2 Å². The number of carbonyl (C=O) groups is 1. The van der Waals surface area contributed by atoms with Gasteiger partial charge in [-0.25, -0.2) is 0 Å². The summed E-state index contributed by atoms with van der Waals surface area (Å²) in [5.74, 6) is 1.00. The topological polar surface area (TPSA) is 41.6 Å². The third kappa shape index (κ3) is 6.61. The van der Waals surface area contributed by atoms with Crippen LogP contribution in [0.1, 0.15) is 50.5 Å². The molecule has 4 nitrogen and oxygen atoms in total. The molecular weight excluding hydrogens is 288 g/mol. The van der Waals surface area contributed by atoms with E-state index in [1.54, 1.807) is 7.11 Å². The van der Waals surface area contributed by atoms with Gasteiger partial charge in [-0.15, -0.1) is 0 Å². The van der Waals surface area contributed by atoms with Gasteiger partial charge < -0.3 is 10.1 Å². The second-order valence-corrected chi connectivity index (χ2v) is 6.63. The molecule has 0 atom stereocenters. The maximum absolute atomic E-state index is 12.2. The van der Waals surface area contributed by atoms with E-state index in [2.05, 4.69) is 10.2 Å². The number of hydrogen-bond donors (Lipinski definition) is 1. The fourth-order valence-electron chi connectivity index (χ4n) is 3.22. The van der Waals surface area contributed by atoms with Crippen LogP contribution in [0.25, 0.3) is 0 Å². The summed E-state index contributed by atoms with van der Waals surface area (Å²) < 4.78 is 5.16. The molecule has 0 unspecified atom stereocenters. The third-order valence-electron chi connectivity index (χ3n) is 4.50. The molecule has 1 aliphatic rings. The van der Waals surface area contributed by atoms with Crippen molar-refractivity contribution >= 4 is 5.91 Å². The van der Waals surface area contributed by atoms with Crippen molar-refractivity contribution in [1.82, 2.24) is 10.2 Å². The van der Waals surface area contributed by atoms with E-state index in [1.807, 2.05) is 31.3 Å². The molecule has 0 aromatic heterocycles. The van der Waals surface area contributed by atoms with Gasteiger partial charge in [0.05, 0.1) is 13.7 Å². The van der Waals surface area contributed by atoms with Crippen LogP contribution in [-0.4, -0.2) is 37.6 Å². The zero-order chi connectivity index (χ0) is 16.5. The van der Waals surface area contributed by atoms with Crippen LogP contribution in [-0.2, 0) is 11.3 Å².